The molecule has 0 aliphatic carbocycles. The van der Waals surface area contributed by atoms with Crippen LogP contribution in [-0.2, 0) is 6.42 Å². The van der Waals surface area contributed by atoms with Gasteiger partial charge in [-0.25, -0.2) is 9.67 Å². The minimum absolute atomic E-state index is 0.0190. The fraction of sp³-hybridized carbons (Fsp3) is 0.192. The van der Waals surface area contributed by atoms with Crippen LogP contribution >= 0.6 is 0 Å². The molecule has 1 aromatic heterocycles. The summed E-state index contributed by atoms with van der Waals surface area (Å²) in [5.74, 6) is 1.34. The number of hydrogen-bond acceptors (Lipinski definition) is 5. The summed E-state index contributed by atoms with van der Waals surface area (Å²) in [7, 11) is 3.27. The molecule has 2 heterocycles. The summed E-state index contributed by atoms with van der Waals surface area (Å²) in [5, 5.41) is 4.15. The smallest absolute Gasteiger partial charge is 0.254 e. The number of methoxy groups -OCH3 is 2. The van der Waals surface area contributed by atoms with Crippen molar-refractivity contribution in [3.05, 3.63) is 102 Å². The van der Waals surface area contributed by atoms with Crippen LogP contribution in [-0.4, -0.2) is 46.3 Å². The van der Waals surface area contributed by atoms with E-state index in [0.29, 0.717) is 23.6 Å². The van der Waals surface area contributed by atoms with E-state index in [9.17, 15) is 4.79 Å². The number of hydrogen-bond donors (Lipinski definition) is 0. The van der Waals surface area contributed by atoms with Crippen LogP contribution in [0.1, 0.15) is 33.1 Å². The molecule has 1 aliphatic heterocycles. The van der Waals surface area contributed by atoms with Crippen molar-refractivity contribution in [2.45, 2.75) is 12.5 Å². The highest BCUT2D eigenvalue weighted by Gasteiger charge is 2.33. The van der Waals surface area contributed by atoms with Gasteiger partial charge >= 0.3 is 0 Å². The van der Waals surface area contributed by atoms with E-state index >= 15 is 0 Å². The lowest BCUT2D eigenvalue weighted by Crippen LogP contribution is -2.40. The van der Waals surface area contributed by atoms with Crippen molar-refractivity contribution >= 4 is 5.91 Å². The summed E-state index contributed by atoms with van der Waals surface area (Å²) in [6.07, 6.45) is 3.85. The molecule has 3 aromatic carbocycles. The normalized spacial score (nSPS) is 15.1. The van der Waals surface area contributed by atoms with E-state index in [1.54, 1.807) is 25.2 Å². The molecular weight excluding hydrogens is 416 g/mol. The fourth-order valence-electron chi connectivity index (χ4n) is 4.42. The molecule has 1 atom stereocenters. The van der Waals surface area contributed by atoms with Gasteiger partial charge in [0.15, 0.2) is 11.5 Å². The Kier molecular flexibility index (Phi) is 5.52. The second kappa shape index (κ2) is 8.78. The Bertz CT molecular complexity index is 1250. The van der Waals surface area contributed by atoms with Crippen LogP contribution in [0, 0.1) is 0 Å². The number of benzene rings is 3. The number of carbonyl (C=O) groups is 1. The van der Waals surface area contributed by atoms with Gasteiger partial charge in [-0.15, -0.1) is 0 Å². The van der Waals surface area contributed by atoms with Gasteiger partial charge in [0.1, 0.15) is 12.7 Å². The molecule has 0 spiro atoms. The van der Waals surface area contributed by atoms with E-state index in [0.717, 1.165) is 28.8 Å². The standard InChI is InChI=1S/C26H24N4O3/c1-32-23-14-20-12-13-29(25(18-6-4-3-5-7-18)22(20)15-24(23)33-2)26(31)19-8-10-21(11-9-19)30-17-27-16-28-30/h3-11,14-17,25H,12-13H2,1-2H3/t25-/m1/s1. The Hall–Kier alpha value is -4.13. The largest absolute Gasteiger partial charge is 0.493 e. The Morgan fingerprint density at radius 1 is 0.970 bits per heavy atom. The maximum atomic E-state index is 13.7. The zero-order valence-corrected chi connectivity index (χ0v) is 18.5. The quantitative estimate of drug-likeness (QED) is 0.468. The van der Waals surface area contributed by atoms with Crippen LogP contribution in [0.2, 0.25) is 0 Å². The van der Waals surface area contributed by atoms with Gasteiger partial charge in [0.2, 0.25) is 0 Å². The summed E-state index contributed by atoms with van der Waals surface area (Å²) in [5.41, 5.74) is 4.75. The van der Waals surface area contributed by atoms with E-state index < -0.39 is 0 Å². The van der Waals surface area contributed by atoms with Gasteiger partial charge in [0, 0.05) is 12.1 Å². The maximum absolute atomic E-state index is 13.7. The predicted molar refractivity (Wildman–Crippen MR) is 124 cm³/mol. The first kappa shape index (κ1) is 20.8. The van der Waals surface area contributed by atoms with Gasteiger partial charge in [-0.2, -0.15) is 5.10 Å². The van der Waals surface area contributed by atoms with Gasteiger partial charge < -0.3 is 14.4 Å². The Balaban J connectivity index is 1.55. The van der Waals surface area contributed by atoms with Crippen molar-refractivity contribution in [3.63, 3.8) is 0 Å². The van der Waals surface area contributed by atoms with Crippen molar-refractivity contribution in [3.8, 4) is 17.2 Å². The molecule has 0 N–H and O–H groups in total. The van der Waals surface area contributed by atoms with Crippen LogP contribution in [0.15, 0.2) is 79.4 Å². The number of aromatic nitrogens is 3. The zero-order valence-electron chi connectivity index (χ0n) is 18.5. The molecule has 1 amide bonds. The molecule has 0 unspecified atom stereocenters. The van der Waals surface area contributed by atoms with Crippen molar-refractivity contribution < 1.29 is 14.3 Å². The third-order valence-electron chi connectivity index (χ3n) is 6.05. The van der Waals surface area contributed by atoms with Crippen LogP contribution in [0.3, 0.4) is 0 Å². The second-order valence-corrected chi connectivity index (χ2v) is 7.85. The van der Waals surface area contributed by atoms with E-state index in [2.05, 4.69) is 22.2 Å². The lowest BCUT2D eigenvalue weighted by molar-refractivity contribution is 0.0694. The topological polar surface area (TPSA) is 69.5 Å². The minimum Gasteiger partial charge on any atom is -0.493 e. The predicted octanol–water partition coefficient (Wildman–Crippen LogP) is 4.07. The van der Waals surface area contributed by atoms with Crippen LogP contribution in [0.25, 0.3) is 5.69 Å². The van der Waals surface area contributed by atoms with Gasteiger partial charge in [-0.05, 0) is 59.5 Å². The first-order valence-corrected chi connectivity index (χ1v) is 10.8. The van der Waals surface area contributed by atoms with Crippen molar-refractivity contribution in [2.24, 2.45) is 0 Å². The van der Waals surface area contributed by atoms with Crippen LogP contribution < -0.4 is 9.47 Å². The van der Waals surface area contributed by atoms with Crippen LogP contribution in [0.5, 0.6) is 11.5 Å². The first-order chi connectivity index (χ1) is 16.2. The number of rotatable bonds is 5. The van der Waals surface area contributed by atoms with Gasteiger partial charge in [-0.1, -0.05) is 30.3 Å². The Morgan fingerprint density at radius 3 is 2.36 bits per heavy atom. The summed E-state index contributed by atoms with van der Waals surface area (Å²) in [6, 6.07) is 21.3. The minimum atomic E-state index is -0.225. The third kappa shape index (κ3) is 3.82. The average Bonchev–Trinajstić information content (AvgIpc) is 3.42. The molecule has 0 radical (unpaired) electrons. The molecule has 166 valence electrons. The molecule has 7 nitrogen and oxygen atoms in total. The summed E-state index contributed by atoms with van der Waals surface area (Å²) in [6.45, 7) is 0.603. The second-order valence-electron chi connectivity index (χ2n) is 7.85. The summed E-state index contributed by atoms with van der Waals surface area (Å²) >= 11 is 0. The highest BCUT2D eigenvalue weighted by Crippen LogP contribution is 2.41. The zero-order chi connectivity index (χ0) is 22.8. The third-order valence-corrected chi connectivity index (χ3v) is 6.05. The SMILES string of the molecule is COc1cc2c(cc1OC)[C@@H](c1ccccc1)N(C(=O)c1ccc(-n3cncn3)cc1)CC2. The molecule has 1 aliphatic rings. The number of amides is 1. The first-order valence-electron chi connectivity index (χ1n) is 10.8. The molecule has 7 heteroatoms. The van der Waals surface area contributed by atoms with Gasteiger partial charge in [-0.3, -0.25) is 4.79 Å². The molecule has 0 bridgehead atoms. The molecule has 0 fully saturated rings. The lowest BCUT2D eigenvalue weighted by atomic mass is 9.87. The summed E-state index contributed by atoms with van der Waals surface area (Å²) in [4.78, 5) is 19.6. The number of carbonyl (C=O) groups excluding carboxylic acids is 1. The number of fused-ring (bicyclic) bond motifs is 1. The average molecular weight is 441 g/mol. The highest BCUT2D eigenvalue weighted by atomic mass is 16.5. The van der Waals surface area contributed by atoms with Crippen molar-refractivity contribution in [1.82, 2.24) is 19.7 Å². The molecule has 0 saturated carbocycles. The molecule has 4 aromatic rings. The van der Waals surface area contributed by atoms with Gasteiger partial charge in [0.05, 0.1) is 25.9 Å². The highest BCUT2D eigenvalue weighted by molar-refractivity contribution is 5.95. The van der Waals surface area contributed by atoms with Crippen molar-refractivity contribution in [2.75, 3.05) is 20.8 Å². The Labute approximate surface area is 192 Å². The maximum Gasteiger partial charge on any atom is 0.254 e. The molecule has 5 rings (SSSR count). The molecule has 0 saturated heterocycles. The van der Waals surface area contributed by atoms with Gasteiger partial charge in [0.25, 0.3) is 5.91 Å². The van der Waals surface area contributed by atoms with Crippen molar-refractivity contribution in [1.29, 1.82) is 0 Å². The number of ether oxygens (including phenoxy) is 2. The number of nitrogens with zero attached hydrogens (tertiary/aromatic N) is 4. The van der Waals surface area contributed by atoms with E-state index in [4.69, 9.17) is 9.47 Å². The van der Waals surface area contributed by atoms with E-state index in [-0.39, 0.29) is 11.9 Å². The lowest BCUT2D eigenvalue weighted by Gasteiger charge is -2.38. The fourth-order valence-corrected chi connectivity index (χ4v) is 4.42. The summed E-state index contributed by atoms with van der Waals surface area (Å²) < 4.78 is 12.7. The molecular formula is C26H24N4O3. The van der Waals surface area contributed by atoms with E-state index in [1.807, 2.05) is 59.5 Å². The van der Waals surface area contributed by atoms with E-state index in [1.165, 1.54) is 6.33 Å². The monoisotopic (exact) mass is 440 g/mol. The Morgan fingerprint density at radius 2 is 1.70 bits per heavy atom. The molecule has 33 heavy (non-hydrogen) atoms. The van der Waals surface area contributed by atoms with Crippen LogP contribution in [0.4, 0.5) is 0 Å².